The Balaban J connectivity index is 1.42. The maximum absolute atomic E-state index is 13.1. The molecule has 0 saturated heterocycles. The van der Waals surface area contributed by atoms with E-state index in [-0.39, 0.29) is 0 Å². The van der Waals surface area contributed by atoms with Crippen LogP contribution in [0, 0.1) is 0 Å². The Morgan fingerprint density at radius 2 is 2.00 bits per heavy atom. The average molecular weight is 590 g/mol. The standard InChI is InChI=1S/C26H20ClN9O4S/c27-17-4-7-23(36-13-29-34-35-36)16(9-17)3-8-24(37)31-21(10-19-12-41-14-28-19)22-11-20(25(38)33-32-22)15-1-5-18(6-2-15)30-26(39)40/h1-9,11-14,21,30H,10H2,(H,31,37)(H,33,38)(H,39,40). The number of nitrogens with one attached hydrogen (secondary N) is 3. The predicted molar refractivity (Wildman–Crippen MR) is 152 cm³/mol. The van der Waals surface area contributed by atoms with Crippen molar-refractivity contribution in [1.29, 1.82) is 0 Å². The molecule has 3 heterocycles. The maximum atomic E-state index is 13.1. The average Bonchev–Trinajstić information content (AvgIpc) is 3.67. The Kier molecular flexibility index (Phi) is 8.22. The van der Waals surface area contributed by atoms with Gasteiger partial charge in [0.1, 0.15) is 6.33 Å². The Labute approximate surface area is 240 Å². The van der Waals surface area contributed by atoms with Crippen LogP contribution in [0.4, 0.5) is 10.5 Å². The summed E-state index contributed by atoms with van der Waals surface area (Å²) in [5, 5.41) is 34.3. The number of anilines is 1. The zero-order valence-corrected chi connectivity index (χ0v) is 22.5. The molecule has 0 saturated carbocycles. The van der Waals surface area contributed by atoms with E-state index in [9.17, 15) is 14.4 Å². The number of amides is 2. The summed E-state index contributed by atoms with van der Waals surface area (Å²) in [5.74, 6) is -0.425. The normalized spacial score (nSPS) is 11.8. The molecule has 1 atom stereocenters. The number of benzene rings is 2. The second kappa shape index (κ2) is 12.3. The number of aromatic amines is 1. The van der Waals surface area contributed by atoms with Crippen LogP contribution in [-0.4, -0.2) is 52.5 Å². The van der Waals surface area contributed by atoms with E-state index < -0.39 is 23.6 Å². The van der Waals surface area contributed by atoms with Crippen molar-refractivity contribution in [3.05, 3.63) is 104 Å². The van der Waals surface area contributed by atoms with Crippen LogP contribution in [0.1, 0.15) is 23.0 Å². The van der Waals surface area contributed by atoms with Crippen molar-refractivity contribution >= 4 is 46.7 Å². The van der Waals surface area contributed by atoms with Gasteiger partial charge >= 0.3 is 6.09 Å². The second-order valence-corrected chi connectivity index (χ2v) is 9.73. The molecule has 1 unspecified atom stereocenters. The van der Waals surface area contributed by atoms with Crippen LogP contribution < -0.4 is 16.2 Å². The topological polar surface area (TPSA) is 181 Å². The van der Waals surface area contributed by atoms with Gasteiger partial charge in [0.25, 0.3) is 5.56 Å². The number of aromatic nitrogens is 7. The third-order valence-electron chi connectivity index (χ3n) is 5.84. The number of halogens is 1. The van der Waals surface area contributed by atoms with Crippen molar-refractivity contribution in [2.75, 3.05) is 5.32 Å². The molecule has 206 valence electrons. The summed E-state index contributed by atoms with van der Waals surface area (Å²) in [5.41, 5.74) is 4.82. The summed E-state index contributed by atoms with van der Waals surface area (Å²) in [6, 6.07) is 12.4. The van der Waals surface area contributed by atoms with E-state index in [0.29, 0.717) is 45.2 Å². The highest BCUT2D eigenvalue weighted by Crippen LogP contribution is 2.24. The molecule has 2 aromatic carbocycles. The molecule has 5 aromatic rings. The molecule has 5 rings (SSSR count). The largest absolute Gasteiger partial charge is 0.465 e. The lowest BCUT2D eigenvalue weighted by molar-refractivity contribution is -0.117. The number of carboxylic acid groups (broad SMARTS) is 1. The summed E-state index contributed by atoms with van der Waals surface area (Å²) in [6.45, 7) is 0. The molecule has 0 spiro atoms. The summed E-state index contributed by atoms with van der Waals surface area (Å²) in [6.07, 6.45) is 3.50. The van der Waals surface area contributed by atoms with E-state index >= 15 is 0 Å². The van der Waals surface area contributed by atoms with Crippen LogP contribution >= 0.6 is 22.9 Å². The van der Waals surface area contributed by atoms with Gasteiger partial charge in [0, 0.05) is 34.2 Å². The molecule has 0 aliphatic rings. The molecule has 4 N–H and O–H groups in total. The first-order chi connectivity index (χ1) is 19.9. The quantitative estimate of drug-likeness (QED) is 0.186. The van der Waals surface area contributed by atoms with Gasteiger partial charge in [-0.05, 0) is 58.5 Å². The molecule has 0 bridgehead atoms. The number of nitrogens with zero attached hydrogens (tertiary/aromatic N) is 6. The summed E-state index contributed by atoms with van der Waals surface area (Å²) < 4.78 is 1.45. The maximum Gasteiger partial charge on any atom is 0.409 e. The summed E-state index contributed by atoms with van der Waals surface area (Å²) in [4.78, 5) is 41.0. The van der Waals surface area contributed by atoms with Crippen molar-refractivity contribution in [2.24, 2.45) is 0 Å². The van der Waals surface area contributed by atoms with E-state index in [0.717, 1.165) is 5.69 Å². The Morgan fingerprint density at radius 1 is 1.17 bits per heavy atom. The van der Waals surface area contributed by atoms with Gasteiger partial charge in [-0.15, -0.1) is 16.4 Å². The van der Waals surface area contributed by atoms with Crippen LogP contribution in [0.25, 0.3) is 22.9 Å². The molecule has 15 heteroatoms. The molecular weight excluding hydrogens is 570 g/mol. The molecule has 2 amide bonds. The highest BCUT2D eigenvalue weighted by atomic mass is 35.5. The van der Waals surface area contributed by atoms with E-state index in [4.69, 9.17) is 16.7 Å². The number of H-pyrrole nitrogens is 1. The van der Waals surface area contributed by atoms with E-state index in [1.54, 1.807) is 60.1 Å². The van der Waals surface area contributed by atoms with Crippen LogP contribution in [0.5, 0.6) is 0 Å². The van der Waals surface area contributed by atoms with Gasteiger partial charge in [0.2, 0.25) is 5.91 Å². The number of rotatable bonds is 9. The fraction of sp³-hybridized carbons (Fsp3) is 0.0769. The number of carbonyl (C=O) groups is 2. The SMILES string of the molecule is O=C(O)Nc1ccc(-c2cc(C(Cc3cscn3)NC(=O)C=Cc3cc(Cl)ccc3-n3cnnn3)n[nH]c2=O)cc1. The lowest BCUT2D eigenvalue weighted by Crippen LogP contribution is -2.30. The van der Waals surface area contributed by atoms with Crippen molar-refractivity contribution in [1.82, 2.24) is 40.7 Å². The number of hydrogen-bond donors (Lipinski definition) is 4. The highest BCUT2D eigenvalue weighted by Gasteiger charge is 2.19. The molecule has 0 aliphatic heterocycles. The lowest BCUT2D eigenvalue weighted by Gasteiger charge is -2.17. The van der Waals surface area contributed by atoms with Crippen LogP contribution in [0.2, 0.25) is 5.02 Å². The van der Waals surface area contributed by atoms with Gasteiger partial charge < -0.3 is 10.4 Å². The van der Waals surface area contributed by atoms with Crippen LogP contribution in [0.15, 0.2) is 76.6 Å². The first-order valence-corrected chi connectivity index (χ1v) is 13.3. The minimum atomic E-state index is -1.20. The third-order valence-corrected chi connectivity index (χ3v) is 6.71. The van der Waals surface area contributed by atoms with Crippen LogP contribution in [-0.2, 0) is 11.2 Å². The molecular formula is C26H20ClN9O4S. The lowest BCUT2D eigenvalue weighted by atomic mass is 10.0. The van der Waals surface area contributed by atoms with E-state index in [2.05, 4.69) is 41.3 Å². The smallest absolute Gasteiger partial charge is 0.409 e. The zero-order chi connectivity index (χ0) is 28.8. The predicted octanol–water partition coefficient (Wildman–Crippen LogP) is 3.73. The minimum Gasteiger partial charge on any atom is -0.465 e. The monoisotopic (exact) mass is 589 g/mol. The van der Waals surface area contributed by atoms with Crippen molar-refractivity contribution in [2.45, 2.75) is 12.5 Å². The van der Waals surface area contributed by atoms with Gasteiger partial charge in [-0.2, -0.15) is 9.78 Å². The fourth-order valence-electron chi connectivity index (χ4n) is 3.97. The molecule has 13 nitrogen and oxygen atoms in total. The van der Waals surface area contributed by atoms with Crippen molar-refractivity contribution < 1.29 is 14.7 Å². The number of hydrogen-bond acceptors (Lipinski definition) is 9. The summed E-state index contributed by atoms with van der Waals surface area (Å²) >= 11 is 7.60. The van der Waals surface area contributed by atoms with Gasteiger partial charge in [0.15, 0.2) is 0 Å². The zero-order valence-electron chi connectivity index (χ0n) is 20.9. The second-order valence-electron chi connectivity index (χ2n) is 8.58. The van der Waals surface area contributed by atoms with Gasteiger partial charge in [-0.3, -0.25) is 14.9 Å². The van der Waals surface area contributed by atoms with E-state index in [1.807, 2.05) is 5.38 Å². The molecule has 0 fully saturated rings. The first kappa shape index (κ1) is 27.4. The summed E-state index contributed by atoms with van der Waals surface area (Å²) in [7, 11) is 0. The fourth-order valence-corrected chi connectivity index (χ4v) is 4.72. The third kappa shape index (κ3) is 6.87. The van der Waals surface area contributed by atoms with Gasteiger partial charge in [-0.1, -0.05) is 23.7 Å². The molecule has 0 aliphatic carbocycles. The number of thiazole rings is 1. The van der Waals surface area contributed by atoms with Crippen molar-refractivity contribution in [3.63, 3.8) is 0 Å². The Hall–Kier alpha value is -5.21. The molecule has 0 radical (unpaired) electrons. The van der Waals surface area contributed by atoms with Gasteiger partial charge in [0.05, 0.1) is 34.2 Å². The van der Waals surface area contributed by atoms with E-state index in [1.165, 1.54) is 28.4 Å². The molecule has 41 heavy (non-hydrogen) atoms. The highest BCUT2D eigenvalue weighted by molar-refractivity contribution is 7.07. The van der Waals surface area contributed by atoms with Crippen LogP contribution in [0.3, 0.4) is 0 Å². The number of carbonyl (C=O) groups excluding carboxylic acids is 1. The molecule has 3 aromatic heterocycles. The minimum absolute atomic E-state index is 0.301. The Morgan fingerprint density at radius 3 is 2.71 bits per heavy atom. The van der Waals surface area contributed by atoms with Gasteiger partial charge in [-0.25, -0.2) is 14.9 Å². The van der Waals surface area contributed by atoms with Crippen molar-refractivity contribution in [3.8, 4) is 16.8 Å². The Bertz CT molecular complexity index is 1750. The number of tetrazole rings is 1. The first-order valence-electron chi connectivity index (χ1n) is 11.9.